The fraction of sp³-hybridized carbons (Fsp3) is 0.281. The third kappa shape index (κ3) is 7.06. The molecule has 10 heteroatoms. The number of fused-ring (bicyclic) bond motifs is 3. The highest BCUT2D eigenvalue weighted by atomic mass is 35.5. The van der Waals surface area contributed by atoms with Gasteiger partial charge in [-0.05, 0) is 74.8 Å². The molecule has 9 nitrogen and oxygen atoms in total. The molecule has 220 valence electrons. The lowest BCUT2D eigenvalue weighted by atomic mass is 9.88. The number of nitrogens with one attached hydrogen (secondary N) is 1. The maximum atomic E-state index is 11.7. The highest BCUT2D eigenvalue weighted by Gasteiger charge is 2.26. The van der Waals surface area contributed by atoms with Crippen molar-refractivity contribution >= 4 is 29.9 Å². The van der Waals surface area contributed by atoms with E-state index >= 15 is 0 Å². The molecule has 1 aliphatic heterocycles. The Balaban J connectivity index is 0.000000313. The van der Waals surface area contributed by atoms with Crippen LogP contribution in [0.25, 0.3) is 16.9 Å². The van der Waals surface area contributed by atoms with Gasteiger partial charge in [-0.2, -0.15) is 5.10 Å². The van der Waals surface area contributed by atoms with E-state index in [2.05, 4.69) is 34.3 Å². The molecule has 2 aliphatic rings. The first kappa shape index (κ1) is 30.9. The van der Waals surface area contributed by atoms with E-state index in [0.29, 0.717) is 29.5 Å². The Bertz CT molecular complexity index is 1510. The van der Waals surface area contributed by atoms with Crippen LogP contribution in [0.4, 0.5) is 5.69 Å². The number of nitrogens with two attached hydrogens (primary N) is 1. The summed E-state index contributed by atoms with van der Waals surface area (Å²) in [4.78, 5) is 21.9. The lowest BCUT2D eigenvalue weighted by molar-refractivity contribution is -0.0486. The maximum Gasteiger partial charge on any atom is 0.170 e. The van der Waals surface area contributed by atoms with Gasteiger partial charge in [0.1, 0.15) is 24.2 Å². The second-order valence-electron chi connectivity index (χ2n) is 9.47. The Hall–Kier alpha value is -4.02. The molecular formula is C32H35ClN4O5. The normalized spacial score (nSPS) is 16.5. The van der Waals surface area contributed by atoms with Gasteiger partial charge >= 0.3 is 0 Å². The number of aryl methyl sites for hydroxylation is 1. The zero-order valence-electron chi connectivity index (χ0n) is 23.9. The van der Waals surface area contributed by atoms with Crippen molar-refractivity contribution in [2.24, 2.45) is 5.73 Å². The molecule has 0 bridgehead atoms. The predicted octanol–water partition coefficient (Wildman–Crippen LogP) is 5.36. The van der Waals surface area contributed by atoms with E-state index in [1.165, 1.54) is 12.6 Å². The van der Waals surface area contributed by atoms with Gasteiger partial charge in [0.25, 0.3) is 0 Å². The Morgan fingerprint density at radius 3 is 2.45 bits per heavy atom. The third-order valence-corrected chi connectivity index (χ3v) is 7.22. The van der Waals surface area contributed by atoms with Crippen LogP contribution in [0.15, 0.2) is 66.7 Å². The van der Waals surface area contributed by atoms with Gasteiger partial charge in [-0.1, -0.05) is 35.9 Å². The number of ether oxygens (including phenoxy) is 3. The number of aldehydes is 2. The van der Waals surface area contributed by atoms with Gasteiger partial charge in [-0.15, -0.1) is 0 Å². The van der Waals surface area contributed by atoms with Crippen molar-refractivity contribution in [2.45, 2.75) is 32.2 Å². The molecule has 3 N–H and O–H groups in total. The monoisotopic (exact) mass is 590 g/mol. The van der Waals surface area contributed by atoms with Crippen molar-refractivity contribution in [3.8, 4) is 22.7 Å². The molecule has 1 saturated heterocycles. The summed E-state index contributed by atoms with van der Waals surface area (Å²) in [5, 5.41) is 8.34. The second-order valence-corrected chi connectivity index (χ2v) is 9.87. The van der Waals surface area contributed by atoms with Crippen LogP contribution in [0.5, 0.6) is 5.75 Å². The molecule has 1 fully saturated rings. The minimum absolute atomic E-state index is 0.0548. The van der Waals surface area contributed by atoms with E-state index < -0.39 is 0 Å². The highest BCUT2D eigenvalue weighted by Crippen LogP contribution is 2.38. The van der Waals surface area contributed by atoms with Gasteiger partial charge in [0, 0.05) is 29.4 Å². The summed E-state index contributed by atoms with van der Waals surface area (Å²) in [6.07, 6.45) is 3.06. The number of aromatic nitrogens is 2. The zero-order chi connectivity index (χ0) is 30.1. The number of rotatable bonds is 7. The van der Waals surface area contributed by atoms with Crippen LogP contribution in [0.2, 0.25) is 5.02 Å². The molecular weight excluding hydrogens is 556 g/mol. The molecule has 3 aromatic carbocycles. The van der Waals surface area contributed by atoms with Crippen LogP contribution in [0, 0.1) is 0 Å². The molecule has 1 aliphatic carbocycles. The summed E-state index contributed by atoms with van der Waals surface area (Å²) in [6.45, 7) is 2.86. The van der Waals surface area contributed by atoms with E-state index in [-0.39, 0.29) is 12.4 Å². The van der Waals surface area contributed by atoms with Crippen molar-refractivity contribution in [1.82, 2.24) is 9.78 Å². The van der Waals surface area contributed by atoms with E-state index in [9.17, 15) is 9.59 Å². The van der Waals surface area contributed by atoms with Gasteiger partial charge < -0.3 is 25.3 Å². The standard InChI is InChI=1S/C24H25N3O4.C7H5ClO.CH5N/c1-15-29-13-20(31-15)14-30-19-8-6-18(7-9-19)27-24-21(23(12-28)26-27)10-4-16-3-5-17(25-2)11-22(16)24;8-7-4-2-1-3-6(7)5-9;1-2/h3,5-9,11-12,15,20,25H,4,10,13-14H2,1-2H3;1-5H;2H2,1H3. The average Bonchev–Trinajstić information content (AvgIpc) is 3.64. The maximum absolute atomic E-state index is 11.7. The summed E-state index contributed by atoms with van der Waals surface area (Å²) < 4.78 is 18.7. The van der Waals surface area contributed by atoms with Crippen LogP contribution in [-0.2, 0) is 22.3 Å². The van der Waals surface area contributed by atoms with Gasteiger partial charge in [-0.3, -0.25) is 9.59 Å². The summed E-state index contributed by atoms with van der Waals surface area (Å²) in [5.74, 6) is 0.751. The van der Waals surface area contributed by atoms with E-state index in [0.717, 1.165) is 59.4 Å². The van der Waals surface area contributed by atoms with Crippen LogP contribution in [-0.4, -0.2) is 62.1 Å². The molecule has 2 unspecified atom stereocenters. The zero-order valence-corrected chi connectivity index (χ0v) is 24.6. The lowest BCUT2D eigenvalue weighted by Gasteiger charge is -2.20. The van der Waals surface area contributed by atoms with E-state index in [1.807, 2.05) is 42.9 Å². The summed E-state index contributed by atoms with van der Waals surface area (Å²) >= 11 is 5.59. The Kier molecular flexibility index (Phi) is 10.9. The quantitative estimate of drug-likeness (QED) is 0.276. The van der Waals surface area contributed by atoms with Crippen molar-refractivity contribution in [3.05, 3.63) is 94.1 Å². The van der Waals surface area contributed by atoms with Gasteiger partial charge in [0.05, 0.1) is 23.0 Å². The first-order valence-corrected chi connectivity index (χ1v) is 14.0. The lowest BCUT2D eigenvalue weighted by Crippen LogP contribution is -2.20. The number of hydrogen-bond acceptors (Lipinski definition) is 8. The number of carbonyl (C=O) groups excluding carboxylic acids is 2. The van der Waals surface area contributed by atoms with Crippen molar-refractivity contribution < 1.29 is 23.8 Å². The minimum atomic E-state index is -0.180. The summed E-state index contributed by atoms with van der Waals surface area (Å²) in [5.41, 5.74) is 11.8. The topological polar surface area (TPSA) is 118 Å². The molecule has 4 aromatic rings. The van der Waals surface area contributed by atoms with Crippen LogP contribution in [0.3, 0.4) is 0 Å². The molecule has 0 amide bonds. The van der Waals surface area contributed by atoms with Gasteiger partial charge in [0.15, 0.2) is 18.9 Å². The Morgan fingerprint density at radius 1 is 1.07 bits per heavy atom. The Morgan fingerprint density at radius 2 is 1.83 bits per heavy atom. The molecule has 2 atom stereocenters. The van der Waals surface area contributed by atoms with E-state index in [4.69, 9.17) is 25.8 Å². The number of nitrogens with zero attached hydrogens (tertiary/aromatic N) is 2. The Labute approximate surface area is 250 Å². The smallest absolute Gasteiger partial charge is 0.170 e. The molecule has 0 saturated carbocycles. The van der Waals surface area contributed by atoms with Crippen molar-refractivity contribution in [2.75, 3.05) is 32.6 Å². The summed E-state index contributed by atoms with van der Waals surface area (Å²) in [6, 6.07) is 21.0. The average molecular weight is 591 g/mol. The largest absolute Gasteiger partial charge is 0.491 e. The number of benzene rings is 3. The second kappa shape index (κ2) is 14.7. The SMILES string of the molecule is CN.CNc1ccc2c(c1)-c1c(c(C=O)nn1-c1ccc(OCC3COC(C)O3)cc1)CC2.O=Cc1ccccc1Cl. The first-order valence-electron chi connectivity index (χ1n) is 13.7. The molecule has 2 heterocycles. The van der Waals surface area contributed by atoms with Gasteiger partial charge in [-0.25, -0.2) is 4.68 Å². The fourth-order valence-electron chi connectivity index (χ4n) is 4.83. The molecule has 0 spiro atoms. The highest BCUT2D eigenvalue weighted by molar-refractivity contribution is 6.32. The van der Waals surface area contributed by atoms with Crippen molar-refractivity contribution in [3.63, 3.8) is 0 Å². The number of halogens is 1. The number of hydrogen-bond donors (Lipinski definition) is 2. The third-order valence-electron chi connectivity index (χ3n) is 6.87. The predicted molar refractivity (Wildman–Crippen MR) is 164 cm³/mol. The van der Waals surface area contributed by atoms with Gasteiger partial charge in [0.2, 0.25) is 0 Å². The molecule has 0 radical (unpaired) electrons. The minimum Gasteiger partial charge on any atom is -0.491 e. The van der Waals surface area contributed by atoms with Crippen LogP contribution >= 0.6 is 11.6 Å². The number of anilines is 1. The molecule has 1 aromatic heterocycles. The number of carbonyl (C=O) groups is 2. The summed E-state index contributed by atoms with van der Waals surface area (Å²) in [7, 11) is 3.40. The molecule has 42 heavy (non-hydrogen) atoms. The first-order chi connectivity index (χ1) is 20.5. The van der Waals surface area contributed by atoms with Crippen molar-refractivity contribution in [1.29, 1.82) is 0 Å². The van der Waals surface area contributed by atoms with Crippen LogP contribution in [0.1, 0.15) is 38.9 Å². The molecule has 6 rings (SSSR count). The van der Waals surface area contributed by atoms with Crippen LogP contribution < -0.4 is 15.8 Å². The fourth-order valence-corrected chi connectivity index (χ4v) is 5.01. The van der Waals surface area contributed by atoms with E-state index in [1.54, 1.807) is 24.3 Å².